The molecule has 2 amide bonds. The van der Waals surface area contributed by atoms with Crippen LogP contribution >= 0.6 is 11.6 Å². The third kappa shape index (κ3) is 5.79. The van der Waals surface area contributed by atoms with Crippen molar-refractivity contribution in [1.82, 2.24) is 9.21 Å². The summed E-state index contributed by atoms with van der Waals surface area (Å²) < 4.78 is 32.2. The van der Waals surface area contributed by atoms with Gasteiger partial charge in [0, 0.05) is 30.7 Å². The van der Waals surface area contributed by atoms with E-state index in [0.29, 0.717) is 35.1 Å². The van der Waals surface area contributed by atoms with Gasteiger partial charge in [-0.1, -0.05) is 31.5 Å². The van der Waals surface area contributed by atoms with Gasteiger partial charge in [0.05, 0.1) is 24.2 Å². The fourth-order valence-corrected chi connectivity index (χ4v) is 4.82. The van der Waals surface area contributed by atoms with Gasteiger partial charge in [-0.25, -0.2) is 8.42 Å². The van der Waals surface area contributed by atoms with E-state index in [1.54, 1.807) is 45.0 Å². The number of sulfonamides is 1. The Kier molecular flexibility index (Phi) is 8.65. The van der Waals surface area contributed by atoms with Gasteiger partial charge in [-0.15, -0.1) is 0 Å². The van der Waals surface area contributed by atoms with Crippen LogP contribution < -0.4 is 10.1 Å². The van der Waals surface area contributed by atoms with E-state index in [0.717, 1.165) is 0 Å². The zero-order valence-corrected chi connectivity index (χ0v) is 20.4. The Hall–Kier alpha value is -2.62. The van der Waals surface area contributed by atoms with Crippen molar-refractivity contribution in [2.75, 3.05) is 39.1 Å². The molecule has 0 spiro atoms. The van der Waals surface area contributed by atoms with E-state index >= 15 is 0 Å². The van der Waals surface area contributed by atoms with E-state index in [1.807, 2.05) is 0 Å². The molecule has 0 saturated carbocycles. The van der Waals surface area contributed by atoms with Crippen LogP contribution in [0.25, 0.3) is 0 Å². The Morgan fingerprint density at radius 3 is 2.34 bits per heavy atom. The van der Waals surface area contributed by atoms with E-state index in [4.69, 9.17) is 16.3 Å². The fourth-order valence-electron chi connectivity index (χ4n) is 3.17. The van der Waals surface area contributed by atoms with Gasteiger partial charge in [0.2, 0.25) is 15.9 Å². The molecule has 0 aliphatic carbocycles. The molecule has 2 aromatic rings. The molecule has 0 atom stereocenters. The number of amides is 2. The molecule has 2 rings (SSSR count). The van der Waals surface area contributed by atoms with Crippen LogP contribution in [-0.2, 0) is 14.8 Å². The molecular formula is C22H28ClN3O5S. The first-order valence-electron chi connectivity index (χ1n) is 10.0. The minimum atomic E-state index is -3.72. The summed E-state index contributed by atoms with van der Waals surface area (Å²) in [6, 6.07) is 9.24. The number of likely N-dealkylation sites (N-methyl/N-ethyl adjacent to an activating group) is 1. The molecule has 8 nitrogen and oxygen atoms in total. The minimum Gasteiger partial charge on any atom is -0.495 e. The standard InChI is InChI=1S/C22H28ClN3O5S/c1-6-26(7-2)32(29,30)17-10-8-15(3)18(13-17)22(28)25(4)14-21(27)24-19-12-16(23)9-11-20(19)31-5/h8-13H,6-7,14H2,1-5H3,(H,24,27). The van der Waals surface area contributed by atoms with Crippen molar-refractivity contribution in [3.63, 3.8) is 0 Å². The van der Waals surface area contributed by atoms with Crippen molar-refractivity contribution in [3.8, 4) is 5.75 Å². The van der Waals surface area contributed by atoms with Gasteiger partial charge in [-0.05, 0) is 42.8 Å². The number of methoxy groups -OCH3 is 1. The third-order valence-corrected chi connectivity index (χ3v) is 7.23. The number of ether oxygens (including phenoxy) is 1. The Bertz CT molecular complexity index is 1100. The van der Waals surface area contributed by atoms with Crippen LogP contribution in [0.1, 0.15) is 29.8 Å². The highest BCUT2D eigenvalue weighted by molar-refractivity contribution is 7.89. The lowest BCUT2D eigenvalue weighted by Crippen LogP contribution is -2.35. The maximum Gasteiger partial charge on any atom is 0.254 e. The average molecular weight is 482 g/mol. The number of hydrogen-bond donors (Lipinski definition) is 1. The van der Waals surface area contributed by atoms with Gasteiger partial charge in [0.15, 0.2) is 0 Å². The molecule has 0 saturated heterocycles. The van der Waals surface area contributed by atoms with Crippen LogP contribution in [0, 0.1) is 6.92 Å². The van der Waals surface area contributed by atoms with Crippen molar-refractivity contribution < 1.29 is 22.7 Å². The summed E-state index contributed by atoms with van der Waals surface area (Å²) in [5.74, 6) is -0.486. The lowest BCUT2D eigenvalue weighted by Gasteiger charge is -2.21. The second-order valence-corrected chi connectivity index (χ2v) is 9.49. The van der Waals surface area contributed by atoms with Gasteiger partial charge in [-0.2, -0.15) is 4.31 Å². The molecule has 0 aliphatic heterocycles. The maximum absolute atomic E-state index is 13.0. The zero-order chi connectivity index (χ0) is 24.1. The molecule has 0 bridgehead atoms. The molecule has 0 heterocycles. The van der Waals surface area contributed by atoms with Gasteiger partial charge in [0.25, 0.3) is 5.91 Å². The molecule has 0 aromatic heterocycles. The first kappa shape index (κ1) is 25.6. The number of rotatable bonds is 9. The van der Waals surface area contributed by atoms with Crippen LogP contribution in [-0.4, -0.2) is 63.2 Å². The Balaban J connectivity index is 2.22. The number of hydrogen-bond acceptors (Lipinski definition) is 5. The number of carbonyl (C=O) groups is 2. The lowest BCUT2D eigenvalue weighted by atomic mass is 10.1. The first-order valence-corrected chi connectivity index (χ1v) is 11.9. The highest BCUT2D eigenvalue weighted by Gasteiger charge is 2.25. The van der Waals surface area contributed by atoms with Crippen LogP contribution in [0.3, 0.4) is 0 Å². The number of benzene rings is 2. The average Bonchev–Trinajstić information content (AvgIpc) is 2.74. The van der Waals surface area contributed by atoms with E-state index in [2.05, 4.69) is 5.32 Å². The predicted molar refractivity (Wildman–Crippen MR) is 125 cm³/mol. The first-order chi connectivity index (χ1) is 15.0. The number of nitrogens with zero attached hydrogens (tertiary/aromatic N) is 2. The number of halogens is 1. The third-order valence-electron chi connectivity index (χ3n) is 4.95. The Morgan fingerprint density at radius 2 is 1.75 bits per heavy atom. The Morgan fingerprint density at radius 1 is 1.09 bits per heavy atom. The largest absolute Gasteiger partial charge is 0.495 e. The van der Waals surface area contributed by atoms with Crippen LogP contribution in [0.2, 0.25) is 5.02 Å². The number of anilines is 1. The van der Waals surface area contributed by atoms with Crippen molar-refractivity contribution in [2.24, 2.45) is 0 Å². The molecule has 2 aromatic carbocycles. The molecule has 174 valence electrons. The minimum absolute atomic E-state index is 0.0386. The number of carbonyl (C=O) groups excluding carboxylic acids is 2. The quantitative estimate of drug-likeness (QED) is 0.592. The molecular weight excluding hydrogens is 454 g/mol. The predicted octanol–water partition coefficient (Wildman–Crippen LogP) is 3.40. The summed E-state index contributed by atoms with van der Waals surface area (Å²) in [4.78, 5) is 26.8. The highest BCUT2D eigenvalue weighted by Crippen LogP contribution is 2.27. The van der Waals surface area contributed by atoms with Crippen LogP contribution in [0.4, 0.5) is 5.69 Å². The summed E-state index contributed by atoms with van der Waals surface area (Å²) in [5.41, 5.74) is 1.21. The van der Waals surface area contributed by atoms with Crippen LogP contribution in [0.15, 0.2) is 41.3 Å². The monoisotopic (exact) mass is 481 g/mol. The van der Waals surface area contributed by atoms with E-state index < -0.39 is 21.8 Å². The van der Waals surface area contributed by atoms with Crippen molar-refractivity contribution in [1.29, 1.82) is 0 Å². The lowest BCUT2D eigenvalue weighted by molar-refractivity contribution is -0.116. The van der Waals surface area contributed by atoms with Gasteiger partial charge >= 0.3 is 0 Å². The topological polar surface area (TPSA) is 96.0 Å². The summed E-state index contributed by atoms with van der Waals surface area (Å²) in [6.07, 6.45) is 0. The SMILES string of the molecule is CCN(CC)S(=O)(=O)c1ccc(C)c(C(=O)N(C)CC(=O)Nc2cc(Cl)ccc2OC)c1. The van der Waals surface area contributed by atoms with Crippen molar-refractivity contribution >= 4 is 39.1 Å². The molecule has 0 radical (unpaired) electrons. The number of nitrogens with one attached hydrogen (secondary N) is 1. The normalized spacial score (nSPS) is 11.3. The molecule has 0 unspecified atom stereocenters. The second kappa shape index (κ2) is 10.8. The Labute approximate surface area is 194 Å². The molecule has 0 fully saturated rings. The smallest absolute Gasteiger partial charge is 0.254 e. The van der Waals surface area contributed by atoms with Gasteiger partial charge in [-0.3, -0.25) is 9.59 Å². The summed E-state index contributed by atoms with van der Waals surface area (Å²) in [7, 11) is -0.775. The highest BCUT2D eigenvalue weighted by atomic mass is 35.5. The van der Waals surface area contributed by atoms with Gasteiger partial charge in [0.1, 0.15) is 5.75 Å². The second-order valence-electron chi connectivity index (χ2n) is 7.12. The molecule has 1 N–H and O–H groups in total. The van der Waals surface area contributed by atoms with Crippen LogP contribution in [0.5, 0.6) is 5.75 Å². The van der Waals surface area contributed by atoms with Gasteiger partial charge < -0.3 is 15.0 Å². The zero-order valence-electron chi connectivity index (χ0n) is 18.8. The van der Waals surface area contributed by atoms with Crippen molar-refractivity contribution in [3.05, 3.63) is 52.5 Å². The molecule has 0 aliphatic rings. The van der Waals surface area contributed by atoms with E-state index in [1.165, 1.54) is 35.5 Å². The number of aryl methyl sites for hydroxylation is 1. The van der Waals surface area contributed by atoms with E-state index in [-0.39, 0.29) is 17.0 Å². The maximum atomic E-state index is 13.0. The molecule has 10 heteroatoms. The molecule has 32 heavy (non-hydrogen) atoms. The summed E-state index contributed by atoms with van der Waals surface area (Å²) >= 11 is 5.98. The van der Waals surface area contributed by atoms with Crippen molar-refractivity contribution in [2.45, 2.75) is 25.7 Å². The summed E-state index contributed by atoms with van der Waals surface area (Å²) in [6.45, 7) is 5.62. The van der Waals surface area contributed by atoms with E-state index in [9.17, 15) is 18.0 Å². The fraction of sp³-hybridized carbons (Fsp3) is 0.364. The summed E-state index contributed by atoms with van der Waals surface area (Å²) in [5, 5.41) is 3.10.